The summed E-state index contributed by atoms with van der Waals surface area (Å²) >= 11 is 0. The molecule has 0 aliphatic heterocycles. The molecule has 0 spiro atoms. The number of carbonyl (C=O) groups excluding carboxylic acids is 1. The van der Waals surface area contributed by atoms with Crippen molar-refractivity contribution in [2.45, 2.75) is 6.92 Å². The predicted molar refractivity (Wildman–Crippen MR) is 53.1 cm³/mol. The lowest BCUT2D eigenvalue weighted by Crippen LogP contribution is -2.12. The van der Waals surface area contributed by atoms with Crippen molar-refractivity contribution >= 4 is 11.8 Å². The first kappa shape index (κ1) is 10.4. The Balaban J connectivity index is 2.70. The highest BCUT2D eigenvalue weighted by Gasteiger charge is 2.05. The Morgan fingerprint density at radius 1 is 1.43 bits per heavy atom. The van der Waals surface area contributed by atoms with Crippen molar-refractivity contribution in [3.8, 4) is 5.75 Å². The van der Waals surface area contributed by atoms with Crippen LogP contribution in [0.25, 0.3) is 0 Å². The van der Waals surface area contributed by atoms with Crippen LogP contribution in [-0.2, 0) is 4.74 Å². The van der Waals surface area contributed by atoms with E-state index in [1.807, 2.05) is 6.07 Å². The van der Waals surface area contributed by atoms with Gasteiger partial charge < -0.3 is 9.47 Å². The molecule has 1 N–H and O–H groups in total. The van der Waals surface area contributed by atoms with Crippen molar-refractivity contribution in [3.05, 3.63) is 30.9 Å². The van der Waals surface area contributed by atoms with E-state index < -0.39 is 6.09 Å². The zero-order valence-corrected chi connectivity index (χ0v) is 8.11. The fraction of sp³-hybridized carbons (Fsp3) is 0.200. The quantitative estimate of drug-likeness (QED) is 0.803. The summed E-state index contributed by atoms with van der Waals surface area (Å²) in [5.74, 6) is 0.598. The van der Waals surface area contributed by atoms with Gasteiger partial charge in [0, 0.05) is 0 Å². The minimum absolute atomic E-state index is 0.531. The van der Waals surface area contributed by atoms with Crippen LogP contribution < -0.4 is 10.1 Å². The van der Waals surface area contributed by atoms with Gasteiger partial charge >= 0.3 is 6.09 Å². The Morgan fingerprint density at radius 2 is 2.14 bits per heavy atom. The van der Waals surface area contributed by atoms with Gasteiger partial charge in [-0.15, -0.1) is 0 Å². The molecule has 1 aromatic rings. The highest BCUT2D eigenvalue weighted by Crippen LogP contribution is 2.22. The molecule has 0 fully saturated rings. The van der Waals surface area contributed by atoms with E-state index in [0.29, 0.717) is 11.4 Å². The van der Waals surface area contributed by atoms with Gasteiger partial charge in [-0.3, -0.25) is 5.32 Å². The fourth-order valence-corrected chi connectivity index (χ4v) is 0.994. The third-order valence-electron chi connectivity index (χ3n) is 1.57. The van der Waals surface area contributed by atoms with Crippen molar-refractivity contribution in [3.63, 3.8) is 0 Å². The van der Waals surface area contributed by atoms with Gasteiger partial charge in [0.2, 0.25) is 0 Å². The van der Waals surface area contributed by atoms with Gasteiger partial charge in [0.25, 0.3) is 0 Å². The van der Waals surface area contributed by atoms with Gasteiger partial charge in [-0.2, -0.15) is 0 Å². The van der Waals surface area contributed by atoms with E-state index in [1.165, 1.54) is 13.7 Å². The van der Waals surface area contributed by atoms with Gasteiger partial charge in [0.15, 0.2) is 0 Å². The van der Waals surface area contributed by atoms with Crippen molar-refractivity contribution in [1.29, 1.82) is 0 Å². The molecule has 0 aliphatic carbocycles. The lowest BCUT2D eigenvalue weighted by molar-refractivity contribution is 0.189. The van der Waals surface area contributed by atoms with E-state index in [9.17, 15) is 4.79 Å². The summed E-state index contributed by atoms with van der Waals surface area (Å²) < 4.78 is 9.66. The van der Waals surface area contributed by atoms with Crippen LogP contribution in [0, 0.1) is 6.61 Å². The van der Waals surface area contributed by atoms with Crippen LogP contribution in [0.1, 0.15) is 6.92 Å². The molecule has 1 radical (unpaired) electrons. The molecule has 14 heavy (non-hydrogen) atoms. The number of anilines is 1. The van der Waals surface area contributed by atoms with E-state index in [1.54, 1.807) is 25.1 Å². The predicted octanol–water partition coefficient (Wildman–Crippen LogP) is 2.43. The minimum Gasteiger partial charge on any atom is -0.495 e. The molecule has 1 amide bonds. The molecule has 0 heterocycles. The lowest BCUT2D eigenvalue weighted by Gasteiger charge is -2.08. The first-order valence-corrected chi connectivity index (χ1v) is 4.16. The summed E-state index contributed by atoms with van der Waals surface area (Å²) in [5.41, 5.74) is 0.585. The average Bonchev–Trinajstić information content (AvgIpc) is 2.19. The molecule has 1 rings (SSSR count). The third-order valence-corrected chi connectivity index (χ3v) is 1.57. The van der Waals surface area contributed by atoms with Gasteiger partial charge in [-0.25, -0.2) is 4.79 Å². The second-order valence-electron chi connectivity index (χ2n) is 2.47. The molecular weight excluding hydrogens is 182 g/mol. The maximum absolute atomic E-state index is 11.1. The highest BCUT2D eigenvalue weighted by molar-refractivity contribution is 5.86. The number of carbonyl (C=O) groups is 1. The van der Waals surface area contributed by atoms with Crippen LogP contribution in [0.15, 0.2) is 24.3 Å². The Bertz CT molecular complexity index is 312. The maximum atomic E-state index is 11.1. The molecule has 0 saturated heterocycles. The van der Waals surface area contributed by atoms with Crippen LogP contribution >= 0.6 is 0 Å². The van der Waals surface area contributed by atoms with Gasteiger partial charge in [0.1, 0.15) is 12.4 Å². The first-order valence-electron chi connectivity index (χ1n) is 4.16. The van der Waals surface area contributed by atoms with E-state index in [4.69, 9.17) is 4.74 Å². The molecular formula is C10H12NO3. The van der Waals surface area contributed by atoms with Crippen LogP contribution in [0.5, 0.6) is 5.75 Å². The molecule has 4 nitrogen and oxygen atoms in total. The van der Waals surface area contributed by atoms with Crippen LogP contribution in [0.2, 0.25) is 0 Å². The molecule has 4 heteroatoms. The number of hydrogen-bond donors (Lipinski definition) is 1. The largest absolute Gasteiger partial charge is 0.495 e. The van der Waals surface area contributed by atoms with Crippen molar-refractivity contribution in [2.75, 3.05) is 12.4 Å². The smallest absolute Gasteiger partial charge is 0.412 e. The number of methoxy groups -OCH3 is 1. The summed E-state index contributed by atoms with van der Waals surface area (Å²) in [7, 11) is 1.54. The summed E-state index contributed by atoms with van der Waals surface area (Å²) in [5, 5.41) is 2.54. The molecule has 0 saturated carbocycles. The molecule has 75 valence electrons. The topological polar surface area (TPSA) is 47.6 Å². The fourth-order valence-electron chi connectivity index (χ4n) is 0.994. The third kappa shape index (κ3) is 2.65. The van der Waals surface area contributed by atoms with Crippen LogP contribution in [0.3, 0.4) is 0 Å². The van der Waals surface area contributed by atoms with Crippen LogP contribution in [0.4, 0.5) is 10.5 Å². The molecule has 0 aliphatic rings. The van der Waals surface area contributed by atoms with Crippen molar-refractivity contribution in [2.24, 2.45) is 0 Å². The van der Waals surface area contributed by atoms with Gasteiger partial charge in [-0.05, 0) is 19.1 Å². The Morgan fingerprint density at radius 3 is 2.79 bits per heavy atom. The standard InChI is InChI=1S/C10H12NO3/c1-3-14-10(12)11-8-6-4-5-7-9(8)13-2/h3-7H,1-2H3,(H,11,12). The number of nitrogens with one attached hydrogen (secondary N) is 1. The highest BCUT2D eigenvalue weighted by atomic mass is 16.5. The van der Waals surface area contributed by atoms with E-state index in [-0.39, 0.29) is 0 Å². The van der Waals surface area contributed by atoms with E-state index >= 15 is 0 Å². The second-order valence-corrected chi connectivity index (χ2v) is 2.47. The second kappa shape index (κ2) is 5.11. The summed E-state index contributed by atoms with van der Waals surface area (Å²) in [4.78, 5) is 11.1. The molecule has 0 aromatic heterocycles. The van der Waals surface area contributed by atoms with E-state index in [0.717, 1.165) is 0 Å². The molecule has 1 aromatic carbocycles. The summed E-state index contributed by atoms with van der Waals surface area (Å²) in [6.07, 6.45) is -0.531. The Kier molecular flexibility index (Phi) is 3.79. The monoisotopic (exact) mass is 194 g/mol. The first-order chi connectivity index (χ1) is 6.77. The zero-order valence-electron chi connectivity index (χ0n) is 8.11. The number of hydrogen-bond acceptors (Lipinski definition) is 3. The number of para-hydroxylation sites is 2. The minimum atomic E-state index is -0.531. The summed E-state index contributed by atoms with van der Waals surface area (Å²) in [6, 6.07) is 7.11. The Labute approximate surface area is 82.8 Å². The van der Waals surface area contributed by atoms with Gasteiger partial charge in [0.05, 0.1) is 12.8 Å². The SMILES string of the molecule is C[CH]OC(=O)Nc1ccccc1OC. The Hall–Kier alpha value is -1.71. The normalized spacial score (nSPS) is 9.29. The molecule has 0 bridgehead atoms. The molecule has 0 atom stereocenters. The van der Waals surface area contributed by atoms with Gasteiger partial charge in [-0.1, -0.05) is 12.1 Å². The summed E-state index contributed by atoms with van der Waals surface area (Å²) in [6.45, 7) is 2.94. The average molecular weight is 194 g/mol. The number of amides is 1. The van der Waals surface area contributed by atoms with E-state index in [2.05, 4.69) is 10.1 Å². The number of ether oxygens (including phenoxy) is 2. The van der Waals surface area contributed by atoms with Crippen molar-refractivity contribution < 1.29 is 14.3 Å². The lowest BCUT2D eigenvalue weighted by atomic mass is 10.3. The maximum Gasteiger partial charge on any atom is 0.412 e. The van der Waals surface area contributed by atoms with Crippen molar-refractivity contribution in [1.82, 2.24) is 0 Å². The molecule has 0 unspecified atom stereocenters. The number of benzene rings is 1. The van der Waals surface area contributed by atoms with Crippen LogP contribution in [-0.4, -0.2) is 13.2 Å². The zero-order chi connectivity index (χ0) is 10.4. The number of rotatable bonds is 3.